The van der Waals surface area contributed by atoms with Crippen LogP contribution in [-0.4, -0.2) is 6.54 Å². The Balaban J connectivity index is 1.78. The highest BCUT2D eigenvalue weighted by molar-refractivity contribution is 7.17. The molecule has 0 amide bonds. The highest BCUT2D eigenvalue weighted by Crippen LogP contribution is 2.27. The molecule has 2 aromatic heterocycles. The molecule has 4 rings (SSSR count). The number of aromatic nitrogens is 1. The Morgan fingerprint density at radius 1 is 0.875 bits per heavy atom. The Kier molecular flexibility index (Phi) is 4.11. The van der Waals surface area contributed by atoms with Gasteiger partial charge in [-0.3, -0.25) is 0 Å². The smallest absolute Gasteiger partial charge is 0.213 e. The van der Waals surface area contributed by atoms with E-state index < -0.39 is 0 Å². The largest absolute Gasteiger partial charge is 0.325 e. The molecular formula is C21H19N2S+. The topological polar surface area (TPSA) is 29.9 Å². The van der Waals surface area contributed by atoms with Gasteiger partial charge in [0.15, 0.2) is 12.7 Å². The number of benzene rings is 2. The molecule has 0 atom stereocenters. The zero-order valence-corrected chi connectivity index (χ0v) is 14.2. The fourth-order valence-corrected chi connectivity index (χ4v) is 4.02. The van der Waals surface area contributed by atoms with Crippen LogP contribution in [-0.2, 0) is 6.54 Å². The van der Waals surface area contributed by atoms with Crippen molar-refractivity contribution >= 4 is 44.5 Å². The van der Waals surface area contributed by atoms with Crippen LogP contribution in [0.25, 0.3) is 33.1 Å². The second kappa shape index (κ2) is 6.56. The molecule has 0 saturated heterocycles. The van der Waals surface area contributed by atoms with Crippen LogP contribution < -0.4 is 10.3 Å². The number of hydrogen-bond acceptors (Lipinski definition) is 2. The van der Waals surface area contributed by atoms with E-state index >= 15 is 0 Å². The lowest BCUT2D eigenvalue weighted by Gasteiger charge is -2.03. The van der Waals surface area contributed by atoms with E-state index in [4.69, 9.17) is 5.73 Å². The maximum Gasteiger partial charge on any atom is 0.213 e. The minimum absolute atomic E-state index is 0.644. The van der Waals surface area contributed by atoms with Gasteiger partial charge in [-0.25, -0.2) is 0 Å². The van der Waals surface area contributed by atoms with Crippen molar-refractivity contribution in [2.75, 3.05) is 6.54 Å². The molecule has 0 aliphatic heterocycles. The number of para-hydroxylation sites is 1. The van der Waals surface area contributed by atoms with Crippen LogP contribution in [0.15, 0.2) is 66.2 Å². The van der Waals surface area contributed by atoms with E-state index in [0.29, 0.717) is 6.54 Å². The van der Waals surface area contributed by atoms with Crippen molar-refractivity contribution in [3.05, 3.63) is 77.3 Å². The fraction of sp³-hybridized carbons (Fsp3) is 0.0952. The molecule has 3 heteroatoms. The zero-order chi connectivity index (χ0) is 16.4. The SMILES string of the molecule is NCC[n+]1ccc(/C=C/c2csc3ccccc23)c2ccccc21. The standard InChI is InChI=1S/C21H19N2S/c22-12-14-23-13-11-16(18-5-1-3-7-20(18)23)9-10-17-15-24-21-8-4-2-6-19(17)21/h1-11,13,15H,12,14,22H2/q+1/b10-9+. The monoisotopic (exact) mass is 331 g/mol. The minimum atomic E-state index is 0.644. The van der Waals surface area contributed by atoms with Gasteiger partial charge in [-0.15, -0.1) is 11.3 Å². The molecule has 0 saturated carbocycles. The first-order chi connectivity index (χ1) is 11.9. The second-order valence-corrected chi connectivity index (χ2v) is 6.70. The van der Waals surface area contributed by atoms with Crippen LogP contribution in [0.4, 0.5) is 0 Å². The van der Waals surface area contributed by atoms with E-state index in [9.17, 15) is 0 Å². The minimum Gasteiger partial charge on any atom is -0.325 e. The Morgan fingerprint density at radius 3 is 2.50 bits per heavy atom. The summed E-state index contributed by atoms with van der Waals surface area (Å²) < 4.78 is 3.54. The molecule has 0 aliphatic rings. The third-order valence-corrected chi connectivity index (χ3v) is 5.26. The summed E-state index contributed by atoms with van der Waals surface area (Å²) in [6.45, 7) is 1.48. The highest BCUT2D eigenvalue weighted by atomic mass is 32.1. The average Bonchev–Trinajstić information content (AvgIpc) is 3.04. The summed E-state index contributed by atoms with van der Waals surface area (Å²) in [4.78, 5) is 0. The van der Waals surface area contributed by atoms with Crippen molar-refractivity contribution < 1.29 is 4.57 Å². The van der Waals surface area contributed by atoms with Gasteiger partial charge in [0.05, 0.1) is 11.9 Å². The predicted octanol–water partition coefficient (Wildman–Crippen LogP) is 4.47. The van der Waals surface area contributed by atoms with E-state index in [1.54, 1.807) is 11.3 Å². The van der Waals surface area contributed by atoms with Gasteiger partial charge >= 0.3 is 0 Å². The normalized spacial score (nSPS) is 11.7. The molecule has 0 spiro atoms. The van der Waals surface area contributed by atoms with E-state index in [1.165, 1.54) is 32.1 Å². The fourth-order valence-electron chi connectivity index (χ4n) is 3.09. The zero-order valence-electron chi connectivity index (χ0n) is 13.4. The van der Waals surface area contributed by atoms with E-state index in [1.807, 2.05) is 0 Å². The lowest BCUT2D eigenvalue weighted by molar-refractivity contribution is -0.668. The molecule has 4 aromatic rings. The summed E-state index contributed by atoms with van der Waals surface area (Å²) in [6, 6.07) is 19.2. The van der Waals surface area contributed by atoms with Crippen LogP contribution in [0.5, 0.6) is 0 Å². The summed E-state index contributed by atoms with van der Waals surface area (Å²) >= 11 is 1.79. The van der Waals surface area contributed by atoms with Gasteiger partial charge < -0.3 is 5.73 Å². The molecule has 24 heavy (non-hydrogen) atoms. The number of hydrogen-bond donors (Lipinski definition) is 1. The van der Waals surface area contributed by atoms with Gasteiger partial charge in [0.1, 0.15) is 0 Å². The Bertz CT molecular complexity index is 1030. The molecule has 2 aromatic carbocycles. The third-order valence-electron chi connectivity index (χ3n) is 4.28. The summed E-state index contributed by atoms with van der Waals surface area (Å²) in [5.74, 6) is 0. The number of nitrogens with two attached hydrogens (primary N) is 1. The van der Waals surface area contributed by atoms with Gasteiger partial charge in [0, 0.05) is 16.8 Å². The summed E-state index contributed by atoms with van der Waals surface area (Å²) in [5.41, 5.74) is 9.46. The molecule has 0 radical (unpaired) electrons. The van der Waals surface area contributed by atoms with E-state index in [0.717, 1.165) is 6.54 Å². The summed E-state index contributed by atoms with van der Waals surface area (Å²) in [7, 11) is 0. The van der Waals surface area contributed by atoms with Crippen molar-refractivity contribution in [3.63, 3.8) is 0 Å². The van der Waals surface area contributed by atoms with Crippen LogP contribution in [0, 0.1) is 0 Å². The first-order valence-corrected chi connectivity index (χ1v) is 9.00. The van der Waals surface area contributed by atoms with Crippen LogP contribution >= 0.6 is 11.3 Å². The molecule has 2 nitrogen and oxygen atoms in total. The predicted molar refractivity (Wildman–Crippen MR) is 104 cm³/mol. The van der Waals surface area contributed by atoms with Crippen LogP contribution in [0.3, 0.4) is 0 Å². The van der Waals surface area contributed by atoms with Crippen molar-refractivity contribution in [1.82, 2.24) is 0 Å². The molecule has 0 aliphatic carbocycles. The van der Waals surface area contributed by atoms with Crippen molar-refractivity contribution in [3.8, 4) is 0 Å². The molecular weight excluding hydrogens is 312 g/mol. The summed E-state index contributed by atoms with van der Waals surface area (Å²) in [5, 5.41) is 4.79. The number of nitrogens with zero attached hydrogens (tertiary/aromatic N) is 1. The first-order valence-electron chi connectivity index (χ1n) is 8.12. The first kappa shape index (κ1) is 15.1. The molecule has 2 N–H and O–H groups in total. The average molecular weight is 331 g/mol. The van der Waals surface area contributed by atoms with Crippen molar-refractivity contribution in [2.45, 2.75) is 6.54 Å². The van der Waals surface area contributed by atoms with Gasteiger partial charge in [-0.2, -0.15) is 4.57 Å². The van der Waals surface area contributed by atoms with Gasteiger partial charge in [0.25, 0.3) is 0 Å². The van der Waals surface area contributed by atoms with E-state index in [2.05, 4.69) is 82.9 Å². The van der Waals surface area contributed by atoms with Crippen molar-refractivity contribution in [1.29, 1.82) is 0 Å². The Morgan fingerprint density at radius 2 is 1.62 bits per heavy atom. The molecule has 0 fully saturated rings. The second-order valence-electron chi connectivity index (χ2n) is 5.79. The molecule has 2 heterocycles. The number of fused-ring (bicyclic) bond motifs is 2. The van der Waals surface area contributed by atoms with Crippen LogP contribution in [0.2, 0.25) is 0 Å². The van der Waals surface area contributed by atoms with Crippen LogP contribution in [0.1, 0.15) is 11.1 Å². The highest BCUT2D eigenvalue weighted by Gasteiger charge is 2.10. The Labute approximate surface area is 145 Å². The van der Waals surface area contributed by atoms with E-state index in [-0.39, 0.29) is 0 Å². The quantitative estimate of drug-likeness (QED) is 0.549. The number of thiophene rings is 1. The maximum absolute atomic E-state index is 5.73. The lowest BCUT2D eigenvalue weighted by atomic mass is 10.1. The maximum atomic E-state index is 5.73. The molecule has 118 valence electrons. The Hall–Kier alpha value is -2.49. The van der Waals surface area contributed by atoms with Crippen molar-refractivity contribution in [2.24, 2.45) is 5.73 Å². The molecule has 0 bridgehead atoms. The molecule has 0 unspecified atom stereocenters. The van der Waals surface area contributed by atoms with Gasteiger partial charge in [0.2, 0.25) is 5.52 Å². The number of pyridine rings is 1. The number of rotatable bonds is 4. The third kappa shape index (κ3) is 2.73. The lowest BCUT2D eigenvalue weighted by Crippen LogP contribution is -2.37. The van der Waals surface area contributed by atoms with Gasteiger partial charge in [-0.1, -0.05) is 42.5 Å². The summed E-state index contributed by atoms with van der Waals surface area (Å²) in [6.07, 6.45) is 6.55. The van der Waals surface area contributed by atoms with Gasteiger partial charge in [-0.05, 0) is 34.0 Å².